The second-order valence-electron chi connectivity index (χ2n) is 5.22. The summed E-state index contributed by atoms with van der Waals surface area (Å²) >= 11 is 0. The van der Waals surface area contributed by atoms with Gasteiger partial charge >= 0.3 is 0 Å². The molecule has 1 N–H and O–H groups in total. The second kappa shape index (κ2) is 3.61. The second-order valence-corrected chi connectivity index (χ2v) is 5.22. The number of nitrogens with one attached hydrogen (secondary N) is 1. The van der Waals surface area contributed by atoms with Crippen LogP contribution in [0.4, 0.5) is 0 Å². The van der Waals surface area contributed by atoms with E-state index in [-0.39, 0.29) is 0 Å². The maximum atomic E-state index is 3.42. The van der Waals surface area contributed by atoms with Crippen molar-refractivity contribution < 1.29 is 0 Å². The Labute approximate surface area is 82.3 Å². The van der Waals surface area contributed by atoms with Gasteiger partial charge in [0.05, 0.1) is 0 Å². The van der Waals surface area contributed by atoms with Crippen LogP contribution >= 0.6 is 0 Å². The molecule has 2 rings (SSSR count). The van der Waals surface area contributed by atoms with E-state index in [4.69, 9.17) is 0 Å². The molecule has 1 heteroatoms. The van der Waals surface area contributed by atoms with Crippen molar-refractivity contribution in [2.24, 2.45) is 17.3 Å². The molecular formula is C12H23N. The Morgan fingerprint density at radius 3 is 2.69 bits per heavy atom. The van der Waals surface area contributed by atoms with Crippen LogP contribution in [0.25, 0.3) is 0 Å². The SMILES string of the molecule is CCCC1(CNC)CC2CCC1C2. The monoisotopic (exact) mass is 181 g/mol. The fraction of sp³-hybridized carbons (Fsp3) is 1.00. The Bertz CT molecular complexity index is 170. The first-order chi connectivity index (χ1) is 6.30. The van der Waals surface area contributed by atoms with Gasteiger partial charge in [-0.3, -0.25) is 0 Å². The Morgan fingerprint density at radius 1 is 1.38 bits per heavy atom. The van der Waals surface area contributed by atoms with E-state index in [1.165, 1.54) is 38.6 Å². The molecule has 0 heterocycles. The van der Waals surface area contributed by atoms with Crippen LogP contribution in [-0.2, 0) is 0 Å². The van der Waals surface area contributed by atoms with Crippen molar-refractivity contribution in [2.75, 3.05) is 13.6 Å². The lowest BCUT2D eigenvalue weighted by Gasteiger charge is -2.37. The van der Waals surface area contributed by atoms with Crippen molar-refractivity contribution in [3.05, 3.63) is 0 Å². The highest BCUT2D eigenvalue weighted by atomic mass is 14.8. The van der Waals surface area contributed by atoms with Crippen molar-refractivity contribution in [1.29, 1.82) is 0 Å². The van der Waals surface area contributed by atoms with Crippen LogP contribution in [0.2, 0.25) is 0 Å². The summed E-state index contributed by atoms with van der Waals surface area (Å²) in [6, 6.07) is 0. The normalized spacial score (nSPS) is 42.9. The van der Waals surface area contributed by atoms with Gasteiger partial charge in [-0.1, -0.05) is 19.8 Å². The van der Waals surface area contributed by atoms with Crippen LogP contribution in [0.1, 0.15) is 45.4 Å². The van der Waals surface area contributed by atoms with E-state index in [1.54, 1.807) is 6.42 Å². The smallest absolute Gasteiger partial charge is 0.000756 e. The molecule has 2 bridgehead atoms. The zero-order valence-corrected chi connectivity index (χ0v) is 9.10. The van der Waals surface area contributed by atoms with Gasteiger partial charge in [0.2, 0.25) is 0 Å². The lowest BCUT2D eigenvalue weighted by Crippen LogP contribution is -2.37. The van der Waals surface area contributed by atoms with Crippen LogP contribution in [0.15, 0.2) is 0 Å². The molecule has 0 radical (unpaired) electrons. The molecule has 0 aliphatic heterocycles. The number of hydrogen-bond donors (Lipinski definition) is 1. The Morgan fingerprint density at radius 2 is 2.23 bits per heavy atom. The van der Waals surface area contributed by atoms with Gasteiger partial charge < -0.3 is 5.32 Å². The number of fused-ring (bicyclic) bond motifs is 2. The van der Waals surface area contributed by atoms with Crippen LogP contribution in [0, 0.1) is 17.3 Å². The minimum Gasteiger partial charge on any atom is -0.319 e. The molecular weight excluding hydrogens is 158 g/mol. The Kier molecular flexibility index (Phi) is 2.64. The fourth-order valence-electron chi connectivity index (χ4n) is 4.02. The maximum absolute atomic E-state index is 3.42. The summed E-state index contributed by atoms with van der Waals surface area (Å²) in [6.45, 7) is 3.60. The summed E-state index contributed by atoms with van der Waals surface area (Å²) in [5.74, 6) is 2.15. The van der Waals surface area contributed by atoms with Gasteiger partial charge in [-0.15, -0.1) is 0 Å². The topological polar surface area (TPSA) is 12.0 Å². The standard InChI is InChI=1S/C12H23N/c1-3-6-12(9-13-2)8-10-4-5-11(12)7-10/h10-11,13H,3-9H2,1-2H3. The van der Waals surface area contributed by atoms with E-state index in [0.29, 0.717) is 5.41 Å². The molecule has 0 aromatic rings. The van der Waals surface area contributed by atoms with Gasteiger partial charge in [-0.25, -0.2) is 0 Å². The summed E-state index contributed by atoms with van der Waals surface area (Å²) in [7, 11) is 2.11. The third-order valence-corrected chi connectivity index (χ3v) is 4.38. The van der Waals surface area contributed by atoms with Gasteiger partial charge in [0.25, 0.3) is 0 Å². The predicted molar refractivity (Wildman–Crippen MR) is 56.7 cm³/mol. The molecule has 3 unspecified atom stereocenters. The highest BCUT2D eigenvalue weighted by Crippen LogP contribution is 2.57. The fourth-order valence-corrected chi connectivity index (χ4v) is 4.02. The van der Waals surface area contributed by atoms with Gasteiger partial charge in [0, 0.05) is 6.54 Å². The van der Waals surface area contributed by atoms with E-state index in [1.807, 2.05) is 0 Å². The molecule has 0 aromatic carbocycles. The van der Waals surface area contributed by atoms with Gasteiger partial charge in [0.1, 0.15) is 0 Å². The highest BCUT2D eigenvalue weighted by Gasteiger charge is 2.49. The molecule has 2 aliphatic carbocycles. The molecule has 1 nitrogen and oxygen atoms in total. The van der Waals surface area contributed by atoms with E-state index in [0.717, 1.165) is 11.8 Å². The zero-order chi connectivity index (χ0) is 9.31. The predicted octanol–water partition coefficient (Wildman–Crippen LogP) is 2.81. The molecule has 76 valence electrons. The number of hydrogen-bond acceptors (Lipinski definition) is 1. The van der Waals surface area contributed by atoms with Crippen molar-refractivity contribution >= 4 is 0 Å². The Hall–Kier alpha value is -0.0400. The van der Waals surface area contributed by atoms with Crippen molar-refractivity contribution in [1.82, 2.24) is 5.32 Å². The average molecular weight is 181 g/mol. The van der Waals surface area contributed by atoms with Crippen molar-refractivity contribution in [3.63, 3.8) is 0 Å². The van der Waals surface area contributed by atoms with Gasteiger partial charge in [-0.05, 0) is 50.0 Å². The van der Waals surface area contributed by atoms with Crippen LogP contribution in [0.5, 0.6) is 0 Å². The van der Waals surface area contributed by atoms with Crippen LogP contribution in [-0.4, -0.2) is 13.6 Å². The molecule has 2 aliphatic rings. The minimum absolute atomic E-state index is 0.701. The maximum Gasteiger partial charge on any atom is 0.000756 e. The first-order valence-corrected chi connectivity index (χ1v) is 5.95. The summed E-state index contributed by atoms with van der Waals surface area (Å²) in [5.41, 5.74) is 0.701. The number of rotatable bonds is 4. The van der Waals surface area contributed by atoms with Gasteiger partial charge in [-0.2, -0.15) is 0 Å². The highest BCUT2D eigenvalue weighted by molar-refractivity contribution is 5.00. The first kappa shape index (κ1) is 9.51. The molecule has 2 fully saturated rings. The molecule has 0 aromatic heterocycles. The van der Waals surface area contributed by atoms with Gasteiger partial charge in [0.15, 0.2) is 0 Å². The van der Waals surface area contributed by atoms with E-state index < -0.39 is 0 Å². The lowest BCUT2D eigenvalue weighted by atomic mass is 9.70. The molecule has 2 saturated carbocycles. The quantitative estimate of drug-likeness (QED) is 0.703. The molecule has 13 heavy (non-hydrogen) atoms. The average Bonchev–Trinajstić information content (AvgIpc) is 2.64. The molecule has 0 amide bonds. The summed E-state index contributed by atoms with van der Waals surface area (Å²) < 4.78 is 0. The minimum atomic E-state index is 0.701. The van der Waals surface area contributed by atoms with Crippen molar-refractivity contribution in [2.45, 2.75) is 45.4 Å². The largest absolute Gasteiger partial charge is 0.319 e. The molecule has 0 spiro atoms. The van der Waals surface area contributed by atoms with Crippen LogP contribution in [0.3, 0.4) is 0 Å². The third-order valence-electron chi connectivity index (χ3n) is 4.38. The molecule has 3 atom stereocenters. The Balaban J connectivity index is 2.05. The van der Waals surface area contributed by atoms with Crippen LogP contribution < -0.4 is 5.32 Å². The summed E-state index contributed by atoms with van der Waals surface area (Å²) in [4.78, 5) is 0. The van der Waals surface area contributed by atoms with E-state index in [9.17, 15) is 0 Å². The van der Waals surface area contributed by atoms with E-state index >= 15 is 0 Å². The first-order valence-electron chi connectivity index (χ1n) is 5.95. The summed E-state index contributed by atoms with van der Waals surface area (Å²) in [5, 5.41) is 3.42. The summed E-state index contributed by atoms with van der Waals surface area (Å²) in [6.07, 6.45) is 8.93. The molecule has 0 saturated heterocycles. The third kappa shape index (κ3) is 1.52. The zero-order valence-electron chi connectivity index (χ0n) is 9.10. The van der Waals surface area contributed by atoms with Crippen molar-refractivity contribution in [3.8, 4) is 0 Å². The lowest BCUT2D eigenvalue weighted by molar-refractivity contribution is 0.145. The van der Waals surface area contributed by atoms with E-state index in [2.05, 4.69) is 19.3 Å².